The molecular weight excluding hydrogens is 362 g/mol. The maximum Gasteiger partial charge on any atom is 0.291 e. The van der Waals surface area contributed by atoms with Crippen LogP contribution in [0.5, 0.6) is 0 Å². The van der Waals surface area contributed by atoms with Gasteiger partial charge in [-0.25, -0.2) is 5.48 Å². The van der Waals surface area contributed by atoms with Crippen LogP contribution in [0.15, 0.2) is 30.3 Å². The van der Waals surface area contributed by atoms with E-state index in [-0.39, 0.29) is 5.92 Å². The van der Waals surface area contributed by atoms with Crippen molar-refractivity contribution < 1.29 is 17.5 Å². The first-order chi connectivity index (χ1) is 12.9. The molecule has 1 N–H and O–H groups in total. The van der Waals surface area contributed by atoms with Crippen molar-refractivity contribution in [1.82, 2.24) is 5.48 Å². The minimum Gasteiger partial charge on any atom is -0.267 e. The van der Waals surface area contributed by atoms with E-state index in [1.165, 1.54) is 6.42 Å². The van der Waals surface area contributed by atoms with Gasteiger partial charge in [0.2, 0.25) is 0 Å². The highest BCUT2D eigenvalue weighted by molar-refractivity contribution is 7.87. The number of amides is 1. The lowest BCUT2D eigenvalue weighted by Gasteiger charge is -2.43. The zero-order valence-corrected chi connectivity index (χ0v) is 16.6. The third kappa shape index (κ3) is 2.52. The van der Waals surface area contributed by atoms with Crippen molar-refractivity contribution in [3.63, 3.8) is 0 Å². The van der Waals surface area contributed by atoms with Crippen LogP contribution in [-0.4, -0.2) is 19.6 Å². The maximum absolute atomic E-state index is 12.9. The van der Waals surface area contributed by atoms with Crippen LogP contribution in [0.4, 0.5) is 0 Å². The molecule has 27 heavy (non-hydrogen) atoms. The van der Waals surface area contributed by atoms with Gasteiger partial charge in [-0.3, -0.25) is 4.79 Å². The molecule has 5 rings (SSSR count). The number of fused-ring (bicyclic) bond motifs is 9. The van der Waals surface area contributed by atoms with E-state index in [0.29, 0.717) is 35.7 Å². The third-order valence-corrected chi connectivity index (χ3v) is 10.0. The SMILES string of the molecule is CC1C(C)C2CC1C1C3CC(C21)C(S(=O)(=O)ONC(=O)c1ccccc1)C3. The van der Waals surface area contributed by atoms with E-state index in [9.17, 15) is 13.2 Å². The average Bonchev–Trinajstić information content (AvgIpc) is 3.40. The first-order valence-electron chi connectivity index (χ1n) is 10.2. The molecule has 4 bridgehead atoms. The zero-order valence-electron chi connectivity index (χ0n) is 15.7. The van der Waals surface area contributed by atoms with E-state index in [1.807, 2.05) is 0 Å². The van der Waals surface area contributed by atoms with E-state index in [2.05, 4.69) is 19.3 Å². The Hall–Kier alpha value is -1.40. The molecule has 4 aliphatic rings. The fourth-order valence-electron chi connectivity index (χ4n) is 7.30. The van der Waals surface area contributed by atoms with Gasteiger partial charge in [-0.15, -0.1) is 4.28 Å². The van der Waals surface area contributed by atoms with Crippen molar-refractivity contribution in [3.8, 4) is 0 Å². The van der Waals surface area contributed by atoms with Crippen molar-refractivity contribution in [3.05, 3.63) is 35.9 Å². The molecule has 0 saturated heterocycles. The lowest BCUT2D eigenvalue weighted by molar-refractivity contribution is 0.0660. The summed E-state index contributed by atoms with van der Waals surface area (Å²) in [4.78, 5) is 12.1. The lowest BCUT2D eigenvalue weighted by Crippen LogP contribution is -2.44. The van der Waals surface area contributed by atoms with Gasteiger partial charge in [0.05, 0.1) is 5.25 Å². The predicted molar refractivity (Wildman–Crippen MR) is 101 cm³/mol. The van der Waals surface area contributed by atoms with E-state index in [1.54, 1.807) is 30.3 Å². The maximum atomic E-state index is 12.9. The number of carbonyl (C=O) groups excluding carboxylic acids is 1. The van der Waals surface area contributed by atoms with Gasteiger partial charge in [0.15, 0.2) is 0 Å². The monoisotopic (exact) mass is 389 g/mol. The molecule has 0 radical (unpaired) electrons. The second-order valence-electron chi connectivity index (χ2n) is 9.24. The van der Waals surface area contributed by atoms with Crippen LogP contribution in [-0.2, 0) is 14.4 Å². The summed E-state index contributed by atoms with van der Waals surface area (Å²) in [5.74, 6) is 4.35. The Morgan fingerprint density at radius 1 is 0.963 bits per heavy atom. The molecule has 0 spiro atoms. The first-order valence-corrected chi connectivity index (χ1v) is 11.6. The van der Waals surface area contributed by atoms with E-state index in [4.69, 9.17) is 4.28 Å². The zero-order chi connectivity index (χ0) is 18.9. The molecule has 0 aromatic heterocycles. The lowest BCUT2D eigenvalue weighted by atomic mass is 9.64. The van der Waals surface area contributed by atoms with Crippen molar-refractivity contribution in [2.24, 2.45) is 47.3 Å². The number of hydrogen-bond donors (Lipinski definition) is 1. The molecule has 0 aliphatic heterocycles. The van der Waals surface area contributed by atoms with E-state index in [0.717, 1.165) is 24.2 Å². The molecule has 1 amide bonds. The second-order valence-corrected chi connectivity index (χ2v) is 11.0. The summed E-state index contributed by atoms with van der Waals surface area (Å²) in [6, 6.07) is 8.53. The molecule has 4 fully saturated rings. The predicted octanol–water partition coefficient (Wildman–Crippen LogP) is 3.24. The number of rotatable bonds is 4. The molecule has 146 valence electrons. The Labute approximate surface area is 160 Å². The smallest absolute Gasteiger partial charge is 0.267 e. The fourth-order valence-corrected chi connectivity index (χ4v) is 8.82. The number of hydrogen-bond acceptors (Lipinski definition) is 4. The van der Waals surface area contributed by atoms with Crippen LogP contribution in [0.3, 0.4) is 0 Å². The van der Waals surface area contributed by atoms with Crippen molar-refractivity contribution in [2.45, 2.75) is 38.4 Å². The van der Waals surface area contributed by atoms with Crippen molar-refractivity contribution in [2.75, 3.05) is 0 Å². The minimum absolute atomic E-state index is 0.198. The summed E-state index contributed by atoms with van der Waals surface area (Å²) < 4.78 is 30.8. The summed E-state index contributed by atoms with van der Waals surface area (Å²) in [6.45, 7) is 4.73. The Bertz CT molecular complexity index is 854. The van der Waals surface area contributed by atoms with Gasteiger partial charge >= 0.3 is 0 Å². The second kappa shape index (κ2) is 6.05. The third-order valence-electron chi connectivity index (χ3n) is 8.44. The Kier molecular flexibility index (Phi) is 3.96. The molecule has 5 nitrogen and oxygen atoms in total. The van der Waals surface area contributed by atoms with Crippen LogP contribution in [0.1, 0.15) is 43.5 Å². The van der Waals surface area contributed by atoms with Crippen LogP contribution < -0.4 is 5.48 Å². The van der Waals surface area contributed by atoms with Gasteiger partial charge in [-0.2, -0.15) is 8.42 Å². The number of hydroxylamine groups is 1. The quantitative estimate of drug-likeness (QED) is 0.634. The van der Waals surface area contributed by atoms with Gasteiger partial charge in [0.1, 0.15) is 0 Å². The Morgan fingerprint density at radius 2 is 1.63 bits per heavy atom. The highest BCUT2D eigenvalue weighted by atomic mass is 32.2. The summed E-state index contributed by atoms with van der Waals surface area (Å²) in [5, 5.41) is -0.471. The highest BCUT2D eigenvalue weighted by Gasteiger charge is 2.67. The van der Waals surface area contributed by atoms with Crippen LogP contribution in [0.25, 0.3) is 0 Å². The molecule has 1 aromatic rings. The normalized spacial score (nSPS) is 44.4. The standard InChI is InChI=1S/C21H27NO4S/c1-11-12(2)16-10-15(11)19-14-8-17(20(16)19)18(9-14)27(24,25)26-22-21(23)13-6-4-3-5-7-13/h3-7,11-12,14-20H,8-10H2,1-2H3,(H,22,23). The highest BCUT2D eigenvalue weighted by Crippen LogP contribution is 2.70. The van der Waals surface area contributed by atoms with Gasteiger partial charge in [0, 0.05) is 5.56 Å². The first kappa shape index (κ1) is 17.7. The molecule has 9 unspecified atom stereocenters. The molecule has 9 atom stereocenters. The minimum atomic E-state index is -3.81. The van der Waals surface area contributed by atoms with Gasteiger partial charge < -0.3 is 0 Å². The largest absolute Gasteiger partial charge is 0.291 e. The topological polar surface area (TPSA) is 72.5 Å². The van der Waals surface area contributed by atoms with E-state index >= 15 is 0 Å². The van der Waals surface area contributed by atoms with Gasteiger partial charge in [-0.05, 0) is 78.7 Å². The van der Waals surface area contributed by atoms with Gasteiger partial charge in [0.25, 0.3) is 16.0 Å². The van der Waals surface area contributed by atoms with Gasteiger partial charge in [-0.1, -0.05) is 32.0 Å². The van der Waals surface area contributed by atoms with Crippen LogP contribution in [0, 0.1) is 47.3 Å². The summed E-state index contributed by atoms with van der Waals surface area (Å²) in [5.41, 5.74) is 2.54. The number of nitrogens with one attached hydrogen (secondary N) is 1. The van der Waals surface area contributed by atoms with Crippen LogP contribution in [0.2, 0.25) is 0 Å². The summed E-state index contributed by atoms with van der Waals surface area (Å²) in [6.07, 6.45) is 2.99. The Morgan fingerprint density at radius 3 is 2.33 bits per heavy atom. The summed E-state index contributed by atoms with van der Waals surface area (Å²) >= 11 is 0. The molecule has 6 heteroatoms. The average molecular weight is 390 g/mol. The molecule has 4 saturated carbocycles. The Balaban J connectivity index is 1.30. The molecule has 0 heterocycles. The molecule has 4 aliphatic carbocycles. The van der Waals surface area contributed by atoms with E-state index < -0.39 is 21.3 Å². The number of benzene rings is 1. The van der Waals surface area contributed by atoms with Crippen LogP contribution >= 0.6 is 0 Å². The van der Waals surface area contributed by atoms with Crippen molar-refractivity contribution in [1.29, 1.82) is 0 Å². The van der Waals surface area contributed by atoms with Crippen molar-refractivity contribution >= 4 is 16.0 Å². The number of carbonyl (C=O) groups is 1. The molecule has 1 aromatic carbocycles. The molecular formula is C21H27NO4S. The fraction of sp³-hybridized carbons (Fsp3) is 0.667. The summed E-state index contributed by atoms with van der Waals surface area (Å²) in [7, 11) is -3.81.